The third-order valence-corrected chi connectivity index (χ3v) is 5.29. The van der Waals surface area contributed by atoms with Gasteiger partial charge in [0, 0.05) is 36.7 Å². The molecule has 1 fully saturated rings. The van der Waals surface area contributed by atoms with Crippen molar-refractivity contribution in [3.05, 3.63) is 42.1 Å². The predicted molar refractivity (Wildman–Crippen MR) is 117 cm³/mol. The molecule has 0 radical (unpaired) electrons. The zero-order valence-corrected chi connectivity index (χ0v) is 18.4. The number of aromatic nitrogens is 1. The van der Waals surface area contributed by atoms with Gasteiger partial charge in [-0.15, -0.1) is 0 Å². The molecule has 30 heavy (non-hydrogen) atoms. The summed E-state index contributed by atoms with van der Waals surface area (Å²) in [5.74, 6) is 0.574. The Kier molecular flexibility index (Phi) is 8.01. The predicted octanol–water partition coefficient (Wildman–Crippen LogP) is 3.44. The summed E-state index contributed by atoms with van der Waals surface area (Å²) in [4.78, 5) is 32.8. The van der Waals surface area contributed by atoms with E-state index in [1.54, 1.807) is 11.1 Å². The first-order chi connectivity index (χ1) is 14.5. The maximum atomic E-state index is 11.9. The molecule has 2 aromatic rings. The zero-order valence-electron chi connectivity index (χ0n) is 16.8. The Morgan fingerprint density at radius 3 is 2.97 bits per heavy atom. The van der Waals surface area contributed by atoms with Crippen LogP contribution < -0.4 is 5.32 Å². The van der Waals surface area contributed by atoms with Gasteiger partial charge in [-0.05, 0) is 40.4 Å². The first kappa shape index (κ1) is 22.0. The molecule has 0 aliphatic carbocycles. The van der Waals surface area contributed by atoms with E-state index in [0.29, 0.717) is 18.9 Å². The summed E-state index contributed by atoms with van der Waals surface area (Å²) >= 11 is 3.18. The van der Waals surface area contributed by atoms with Crippen LogP contribution in [0.4, 0.5) is 4.79 Å². The summed E-state index contributed by atoms with van der Waals surface area (Å²) in [6.07, 6.45) is 3.99. The minimum absolute atomic E-state index is 0.000394. The molecule has 9 heteroatoms. The number of rotatable bonds is 5. The van der Waals surface area contributed by atoms with Crippen LogP contribution in [0.25, 0.3) is 10.9 Å². The van der Waals surface area contributed by atoms with E-state index in [2.05, 4.69) is 38.3 Å². The monoisotopic (exact) mass is 476 g/mol. The third kappa shape index (κ3) is 6.41. The second-order valence-electron chi connectivity index (χ2n) is 7.36. The molecule has 1 saturated heterocycles. The minimum Gasteiger partial charge on any atom is -0.444 e. The largest absolute Gasteiger partial charge is 0.444 e. The molecule has 0 saturated carbocycles. The molecular weight excluding hydrogens is 452 g/mol. The second-order valence-corrected chi connectivity index (χ2v) is 8.27. The number of nitrogens with one attached hydrogen (secondary N) is 1. The topological polar surface area (TPSA) is 93.1 Å². The molecule has 1 N–H and O–H groups in total. The Hall–Kier alpha value is -2.68. The Bertz CT molecular complexity index is 907. The Morgan fingerprint density at radius 1 is 1.43 bits per heavy atom. The van der Waals surface area contributed by atoms with Crippen molar-refractivity contribution in [3.63, 3.8) is 0 Å². The van der Waals surface area contributed by atoms with E-state index in [-0.39, 0.29) is 18.8 Å². The number of amides is 2. The summed E-state index contributed by atoms with van der Waals surface area (Å²) in [7, 11) is 0. The summed E-state index contributed by atoms with van der Waals surface area (Å²) < 4.78 is 6.15. The minimum atomic E-state index is -0.220. The normalized spacial score (nSPS) is 20.1. The second kappa shape index (κ2) is 10.9. The first-order valence-corrected chi connectivity index (χ1v) is 10.6. The number of nitrogens with zero attached hydrogens (tertiary/aromatic N) is 3. The molecule has 2 aliphatic heterocycles. The maximum absolute atomic E-state index is 11.9. The van der Waals surface area contributed by atoms with Gasteiger partial charge in [0.2, 0.25) is 6.41 Å². The summed E-state index contributed by atoms with van der Waals surface area (Å²) in [5.41, 5.74) is 1.88. The van der Waals surface area contributed by atoms with Gasteiger partial charge in [-0.2, -0.15) is 0 Å². The lowest BCUT2D eigenvalue weighted by atomic mass is 10.2. The number of fused-ring (bicyclic) bond motifs is 1. The van der Waals surface area contributed by atoms with Crippen molar-refractivity contribution in [1.29, 1.82) is 0 Å². The van der Waals surface area contributed by atoms with Crippen molar-refractivity contribution in [3.8, 4) is 0 Å². The van der Waals surface area contributed by atoms with Crippen molar-refractivity contribution < 1.29 is 19.2 Å². The quantitative estimate of drug-likeness (QED) is 0.667. The number of para-hydroxylation sites is 1. The molecule has 4 rings (SSSR count). The summed E-state index contributed by atoms with van der Waals surface area (Å²) in [5, 5.41) is 7.22. The number of carbonyl (C=O) groups excluding carboxylic acids is 2. The lowest BCUT2D eigenvalue weighted by Gasteiger charge is -2.15. The Balaban J connectivity index is 0.000000216. The molecule has 3 heterocycles. The standard InChI is InChI=1S/C16H18N2O2.C5H7BrN2O2/c1-12-6-7-18(10-12)16(19)20-11-13-8-14-4-2-3-5-15(14)17-9-13;6-5-1-4(10-8-5)2-7-3-9/h2-5,8-9,12H,6-7,10-11H2,1H3;3-4H,1-2H2,(H,7,9)/t12-;/m1./s1. The van der Waals surface area contributed by atoms with Gasteiger partial charge >= 0.3 is 6.09 Å². The number of pyridine rings is 1. The van der Waals surface area contributed by atoms with Crippen LogP contribution in [-0.2, 0) is 21.0 Å². The highest BCUT2D eigenvalue weighted by Crippen LogP contribution is 2.17. The fraction of sp³-hybridized carbons (Fsp3) is 0.429. The van der Waals surface area contributed by atoms with E-state index >= 15 is 0 Å². The van der Waals surface area contributed by atoms with Crippen LogP contribution in [-0.4, -0.2) is 52.7 Å². The highest BCUT2D eigenvalue weighted by Gasteiger charge is 2.24. The maximum Gasteiger partial charge on any atom is 0.410 e. The highest BCUT2D eigenvalue weighted by atomic mass is 79.9. The summed E-state index contributed by atoms with van der Waals surface area (Å²) in [6, 6.07) is 9.93. The van der Waals surface area contributed by atoms with Crippen LogP contribution in [0.1, 0.15) is 25.3 Å². The van der Waals surface area contributed by atoms with Gasteiger partial charge in [-0.1, -0.05) is 30.3 Å². The number of hydrogen-bond donors (Lipinski definition) is 1. The fourth-order valence-corrected chi connectivity index (χ4v) is 3.66. The molecule has 2 aliphatic rings. The molecule has 2 amide bonds. The van der Waals surface area contributed by atoms with E-state index in [0.717, 1.165) is 47.0 Å². The molecule has 1 unspecified atom stereocenters. The van der Waals surface area contributed by atoms with E-state index in [4.69, 9.17) is 9.57 Å². The van der Waals surface area contributed by atoms with Gasteiger partial charge in [-0.25, -0.2) is 4.79 Å². The first-order valence-electron chi connectivity index (χ1n) is 9.85. The molecule has 8 nitrogen and oxygen atoms in total. The van der Waals surface area contributed by atoms with Crippen LogP contribution in [0, 0.1) is 5.92 Å². The van der Waals surface area contributed by atoms with Crippen LogP contribution in [0.3, 0.4) is 0 Å². The number of likely N-dealkylation sites (tertiary alicyclic amines) is 1. The number of hydrogen-bond acceptors (Lipinski definition) is 6. The van der Waals surface area contributed by atoms with Gasteiger partial charge in [0.1, 0.15) is 11.2 Å². The number of ether oxygens (including phenoxy) is 1. The van der Waals surface area contributed by atoms with Gasteiger partial charge in [0.05, 0.1) is 12.1 Å². The van der Waals surface area contributed by atoms with Crippen molar-refractivity contribution in [2.75, 3.05) is 19.6 Å². The lowest BCUT2D eigenvalue weighted by Crippen LogP contribution is -2.29. The highest BCUT2D eigenvalue weighted by molar-refractivity contribution is 9.18. The Morgan fingerprint density at radius 2 is 2.27 bits per heavy atom. The number of carbonyl (C=O) groups is 2. The average Bonchev–Trinajstić information content (AvgIpc) is 3.39. The Labute approximate surface area is 183 Å². The SMILES string of the molecule is C[C@@H]1CCN(C(=O)OCc2cnc3ccccc3c2)C1.O=CNCC1CC(Br)=NO1. The molecule has 1 aromatic heterocycles. The molecule has 1 aromatic carbocycles. The van der Waals surface area contributed by atoms with E-state index < -0.39 is 0 Å². The fourth-order valence-electron chi connectivity index (χ4n) is 3.22. The smallest absolute Gasteiger partial charge is 0.410 e. The van der Waals surface area contributed by atoms with E-state index in [1.807, 2.05) is 30.3 Å². The van der Waals surface area contributed by atoms with Crippen LogP contribution >= 0.6 is 15.9 Å². The average molecular weight is 477 g/mol. The molecule has 0 bridgehead atoms. The van der Waals surface area contributed by atoms with Crippen molar-refractivity contribution in [2.24, 2.45) is 11.1 Å². The zero-order chi connectivity index (χ0) is 21.3. The van der Waals surface area contributed by atoms with E-state index in [9.17, 15) is 9.59 Å². The third-order valence-electron chi connectivity index (χ3n) is 4.82. The van der Waals surface area contributed by atoms with Crippen molar-refractivity contribution in [1.82, 2.24) is 15.2 Å². The number of benzene rings is 1. The number of halogens is 1. The lowest BCUT2D eigenvalue weighted by molar-refractivity contribution is -0.110. The molecule has 0 spiro atoms. The van der Waals surface area contributed by atoms with E-state index in [1.165, 1.54) is 0 Å². The van der Waals surface area contributed by atoms with Crippen LogP contribution in [0.5, 0.6) is 0 Å². The van der Waals surface area contributed by atoms with Crippen molar-refractivity contribution in [2.45, 2.75) is 32.5 Å². The number of oxime groups is 1. The van der Waals surface area contributed by atoms with Gasteiger partial charge < -0.3 is 19.8 Å². The molecule has 160 valence electrons. The van der Waals surface area contributed by atoms with Gasteiger partial charge in [0.25, 0.3) is 0 Å². The van der Waals surface area contributed by atoms with Crippen LogP contribution in [0.2, 0.25) is 0 Å². The van der Waals surface area contributed by atoms with Gasteiger partial charge in [0.15, 0.2) is 6.10 Å². The van der Waals surface area contributed by atoms with Gasteiger partial charge in [-0.3, -0.25) is 9.78 Å². The summed E-state index contributed by atoms with van der Waals surface area (Å²) in [6.45, 7) is 4.55. The van der Waals surface area contributed by atoms with Crippen molar-refractivity contribution >= 4 is 44.0 Å². The van der Waals surface area contributed by atoms with Crippen LogP contribution in [0.15, 0.2) is 41.7 Å². The molecule has 2 atom stereocenters. The molecular formula is C21H25BrN4O4.